The summed E-state index contributed by atoms with van der Waals surface area (Å²) in [4.78, 5) is 28.0. The van der Waals surface area contributed by atoms with E-state index in [1.165, 1.54) is 18.2 Å². The molecule has 0 aliphatic carbocycles. The molecule has 1 amide bonds. The van der Waals surface area contributed by atoms with E-state index >= 15 is 4.39 Å². The number of para-hydroxylation sites is 1. The van der Waals surface area contributed by atoms with Crippen molar-refractivity contribution in [1.82, 2.24) is 14.4 Å². The number of hydrogen-bond acceptors (Lipinski definition) is 4. The minimum absolute atomic E-state index is 0. The summed E-state index contributed by atoms with van der Waals surface area (Å²) in [6.07, 6.45) is -2.75. The molecule has 0 spiro atoms. The molecule has 2 aliphatic heterocycles. The number of carboxylic acid groups (broad SMARTS) is 1. The fraction of sp³-hybridized carbons (Fsp3) is 0.429. The maximum absolute atomic E-state index is 15.1. The molecule has 0 radical (unpaired) electrons. The lowest BCUT2D eigenvalue weighted by Gasteiger charge is -2.34. The van der Waals surface area contributed by atoms with Crippen LogP contribution in [0.1, 0.15) is 36.1 Å². The second kappa shape index (κ2) is 12.5. The molecule has 0 atom stereocenters. The van der Waals surface area contributed by atoms with Gasteiger partial charge in [-0.2, -0.15) is 0 Å². The van der Waals surface area contributed by atoms with Crippen molar-refractivity contribution in [2.24, 2.45) is 5.92 Å². The monoisotopic (exact) mass is 617 g/mol. The summed E-state index contributed by atoms with van der Waals surface area (Å²) in [5.41, 5.74) is 2.63. The average Bonchev–Trinajstić information content (AvgIpc) is 3.20. The third kappa shape index (κ3) is 7.07. The number of benzene rings is 2. The van der Waals surface area contributed by atoms with Crippen LogP contribution in [0.3, 0.4) is 0 Å². The van der Waals surface area contributed by atoms with Gasteiger partial charge in [-0.05, 0) is 67.6 Å². The molecule has 5 rings (SSSR count). The molecule has 1 fully saturated rings. The number of amides is 1. The van der Waals surface area contributed by atoms with Crippen LogP contribution >= 0.6 is 24.0 Å². The topological polar surface area (TPSA) is 75.0 Å². The first-order valence-electron chi connectivity index (χ1n) is 13.0. The molecule has 0 bridgehead atoms. The van der Waals surface area contributed by atoms with Crippen molar-refractivity contribution >= 4 is 46.8 Å². The highest BCUT2D eigenvalue weighted by molar-refractivity contribution is 6.32. The lowest BCUT2D eigenvalue weighted by Crippen LogP contribution is -2.45. The minimum atomic E-state index is -4.88. The van der Waals surface area contributed by atoms with E-state index in [2.05, 4.69) is 4.74 Å². The molecular weight excluding hydrogens is 589 g/mol. The molecule has 2 aromatic carbocycles. The molecule has 3 aromatic rings. The van der Waals surface area contributed by atoms with Crippen LogP contribution in [0.25, 0.3) is 10.9 Å². The Balaban J connectivity index is 0.00000387. The normalized spacial score (nSPS) is 16.4. The number of piperidine rings is 1. The van der Waals surface area contributed by atoms with Gasteiger partial charge in [-0.3, -0.25) is 14.5 Å². The number of aromatic nitrogens is 1. The third-order valence-corrected chi connectivity index (χ3v) is 7.97. The number of fused-ring (bicyclic) bond motifs is 3. The van der Waals surface area contributed by atoms with Gasteiger partial charge in [0, 0.05) is 30.6 Å². The Morgan fingerprint density at radius 2 is 1.83 bits per heavy atom. The van der Waals surface area contributed by atoms with Gasteiger partial charge in [0.15, 0.2) is 0 Å². The molecule has 0 unspecified atom stereocenters. The van der Waals surface area contributed by atoms with Crippen LogP contribution in [0.5, 0.6) is 5.75 Å². The number of nitrogens with zero attached hydrogens (tertiary/aromatic N) is 3. The van der Waals surface area contributed by atoms with Crippen LogP contribution < -0.4 is 4.74 Å². The van der Waals surface area contributed by atoms with E-state index < -0.39 is 23.9 Å². The van der Waals surface area contributed by atoms with Crippen molar-refractivity contribution in [3.63, 3.8) is 0 Å². The lowest BCUT2D eigenvalue weighted by molar-refractivity contribution is -0.274. The highest BCUT2D eigenvalue weighted by atomic mass is 35.5. The van der Waals surface area contributed by atoms with Gasteiger partial charge in [0.25, 0.3) is 0 Å². The Morgan fingerprint density at radius 3 is 2.49 bits per heavy atom. The van der Waals surface area contributed by atoms with Crippen molar-refractivity contribution in [2.45, 2.75) is 45.1 Å². The number of ether oxygens (including phenoxy) is 1. The summed E-state index contributed by atoms with van der Waals surface area (Å²) in [5, 5.41) is 9.55. The van der Waals surface area contributed by atoms with Gasteiger partial charge in [0.2, 0.25) is 5.91 Å². The van der Waals surface area contributed by atoms with Gasteiger partial charge < -0.3 is 19.3 Å². The van der Waals surface area contributed by atoms with E-state index in [0.717, 1.165) is 35.6 Å². The van der Waals surface area contributed by atoms with Gasteiger partial charge >= 0.3 is 12.3 Å². The molecule has 2 aliphatic rings. The maximum Gasteiger partial charge on any atom is 0.573 e. The molecule has 1 N–H and O–H groups in total. The number of hydrogen-bond donors (Lipinski definition) is 1. The Kier molecular flexibility index (Phi) is 9.40. The van der Waals surface area contributed by atoms with Gasteiger partial charge in [-0.25, -0.2) is 4.39 Å². The average molecular weight is 618 g/mol. The molecule has 1 saturated heterocycles. The van der Waals surface area contributed by atoms with E-state index in [-0.39, 0.29) is 55.3 Å². The Bertz CT molecular complexity index is 1440. The minimum Gasteiger partial charge on any atom is -0.481 e. The molecular formula is C28H29Cl2F4N3O4. The van der Waals surface area contributed by atoms with Crippen molar-refractivity contribution < 1.29 is 37.0 Å². The van der Waals surface area contributed by atoms with E-state index in [4.69, 9.17) is 16.7 Å². The molecule has 41 heavy (non-hydrogen) atoms. The summed E-state index contributed by atoms with van der Waals surface area (Å²) in [5.74, 6) is -1.70. The predicted molar refractivity (Wildman–Crippen MR) is 147 cm³/mol. The van der Waals surface area contributed by atoms with Gasteiger partial charge in [0.05, 0.1) is 23.6 Å². The van der Waals surface area contributed by atoms with Gasteiger partial charge in [-0.15, -0.1) is 25.6 Å². The number of halogens is 6. The molecule has 0 saturated carbocycles. The summed E-state index contributed by atoms with van der Waals surface area (Å²) in [6, 6.07) is 8.77. The van der Waals surface area contributed by atoms with Crippen LogP contribution in [0, 0.1) is 11.7 Å². The molecule has 222 valence electrons. The Hall–Kier alpha value is -3.02. The van der Waals surface area contributed by atoms with Crippen LogP contribution in [-0.4, -0.2) is 63.9 Å². The van der Waals surface area contributed by atoms with Crippen molar-refractivity contribution in [1.29, 1.82) is 0 Å². The fourth-order valence-corrected chi connectivity index (χ4v) is 6.00. The maximum atomic E-state index is 15.1. The molecule has 1 aromatic heterocycles. The Morgan fingerprint density at radius 1 is 1.10 bits per heavy atom. The standard InChI is InChI=1S/C28H28ClF4N3O4.ClH/c29-21-12-18(4-5-24(21)40-28(31,32)33)14-36-23-15-35(11-8-19(23)20-2-1-3-22(30)27(20)36)25(37)16-34-9-6-17(7-10-34)13-26(38)39;/h1-5,12,17H,6-11,13-16H2,(H,38,39);1H. The van der Waals surface area contributed by atoms with Crippen LogP contribution in [0.15, 0.2) is 36.4 Å². The number of alkyl halides is 3. The van der Waals surface area contributed by atoms with Crippen molar-refractivity contribution in [3.05, 3.63) is 64.1 Å². The number of carbonyl (C=O) groups excluding carboxylic acids is 1. The van der Waals surface area contributed by atoms with Crippen LogP contribution in [0.4, 0.5) is 17.6 Å². The fourth-order valence-electron chi connectivity index (χ4n) is 5.76. The zero-order chi connectivity index (χ0) is 28.6. The molecule has 3 heterocycles. The zero-order valence-corrected chi connectivity index (χ0v) is 23.5. The van der Waals surface area contributed by atoms with Crippen molar-refractivity contribution in [3.8, 4) is 5.75 Å². The second-order valence-corrected chi connectivity index (χ2v) is 10.7. The number of likely N-dealkylation sites (tertiary alicyclic amines) is 1. The summed E-state index contributed by atoms with van der Waals surface area (Å²) < 4.78 is 58.8. The number of carboxylic acids is 1. The second-order valence-electron chi connectivity index (χ2n) is 10.3. The molecule has 13 heteroatoms. The van der Waals surface area contributed by atoms with Gasteiger partial charge in [0.1, 0.15) is 11.6 Å². The highest BCUT2D eigenvalue weighted by Crippen LogP contribution is 2.35. The number of aliphatic carboxylic acids is 1. The summed E-state index contributed by atoms with van der Waals surface area (Å²) in [7, 11) is 0. The molecule has 7 nitrogen and oxygen atoms in total. The highest BCUT2D eigenvalue weighted by Gasteiger charge is 2.33. The van der Waals surface area contributed by atoms with E-state index in [1.54, 1.807) is 15.5 Å². The predicted octanol–water partition coefficient (Wildman–Crippen LogP) is 5.87. The van der Waals surface area contributed by atoms with Gasteiger partial charge in [-0.1, -0.05) is 29.8 Å². The van der Waals surface area contributed by atoms with Crippen molar-refractivity contribution in [2.75, 3.05) is 26.2 Å². The number of rotatable bonds is 7. The smallest absolute Gasteiger partial charge is 0.481 e. The van der Waals surface area contributed by atoms with E-state index in [1.807, 2.05) is 11.0 Å². The first-order valence-corrected chi connectivity index (χ1v) is 13.4. The quantitative estimate of drug-likeness (QED) is 0.336. The first kappa shape index (κ1) is 30.9. The SMILES string of the molecule is Cl.O=C(O)CC1CCN(CC(=O)N2CCc3c(n(Cc4ccc(OC(F)(F)F)c(Cl)c4)c4c(F)cccc34)C2)CC1. The zero-order valence-electron chi connectivity index (χ0n) is 21.9. The largest absolute Gasteiger partial charge is 0.573 e. The summed E-state index contributed by atoms with van der Waals surface area (Å²) >= 11 is 6.06. The Labute approximate surface area is 245 Å². The van der Waals surface area contributed by atoms with E-state index in [9.17, 15) is 22.8 Å². The summed E-state index contributed by atoms with van der Waals surface area (Å²) in [6.45, 7) is 2.41. The van der Waals surface area contributed by atoms with E-state index in [0.29, 0.717) is 37.1 Å². The van der Waals surface area contributed by atoms with Crippen LogP contribution in [0.2, 0.25) is 5.02 Å². The first-order chi connectivity index (χ1) is 19.0. The third-order valence-electron chi connectivity index (χ3n) is 7.67. The van der Waals surface area contributed by atoms with Crippen LogP contribution in [-0.2, 0) is 29.1 Å². The lowest BCUT2D eigenvalue weighted by atomic mass is 9.93. The number of carbonyl (C=O) groups is 2.